The molecule has 1 amide bonds. The highest BCUT2D eigenvalue weighted by Gasteiger charge is 2.25. The monoisotopic (exact) mass is 302 g/mol. The van der Waals surface area contributed by atoms with Crippen molar-refractivity contribution in [1.29, 1.82) is 0 Å². The molecule has 0 radical (unpaired) electrons. The molecule has 0 saturated carbocycles. The molecule has 0 spiro atoms. The summed E-state index contributed by atoms with van der Waals surface area (Å²) in [6.07, 6.45) is 3.41. The molecule has 118 valence electrons. The lowest BCUT2D eigenvalue weighted by Crippen LogP contribution is -2.39. The largest absolute Gasteiger partial charge is 0.467 e. The summed E-state index contributed by atoms with van der Waals surface area (Å²) in [6.45, 7) is 5.11. The lowest BCUT2D eigenvalue weighted by molar-refractivity contribution is -0.126. The number of furan rings is 2. The summed E-state index contributed by atoms with van der Waals surface area (Å²) in [6, 6.07) is 7.71. The van der Waals surface area contributed by atoms with Crippen LogP contribution in [0.25, 0.3) is 0 Å². The summed E-state index contributed by atoms with van der Waals surface area (Å²) in [4.78, 5) is 14.5. The van der Waals surface area contributed by atoms with Gasteiger partial charge in [0, 0.05) is 5.92 Å². The number of hydrogen-bond donors (Lipinski definition) is 1. The Morgan fingerprint density at radius 1 is 1.27 bits per heavy atom. The SMILES string of the molecule is Cc1ccc(CN2CCC(C(=O)NCc3ccco3)CC2)o1. The maximum atomic E-state index is 12.2. The summed E-state index contributed by atoms with van der Waals surface area (Å²) in [5.74, 6) is 2.97. The zero-order valence-electron chi connectivity index (χ0n) is 12.9. The molecule has 0 aliphatic carbocycles. The van der Waals surface area contributed by atoms with Gasteiger partial charge in [-0.3, -0.25) is 9.69 Å². The van der Waals surface area contributed by atoms with E-state index in [1.54, 1.807) is 6.26 Å². The second kappa shape index (κ2) is 6.83. The zero-order chi connectivity index (χ0) is 15.4. The highest BCUT2D eigenvalue weighted by Crippen LogP contribution is 2.20. The maximum Gasteiger partial charge on any atom is 0.223 e. The molecule has 5 nitrogen and oxygen atoms in total. The van der Waals surface area contributed by atoms with Gasteiger partial charge in [-0.25, -0.2) is 0 Å². The molecule has 1 aliphatic heterocycles. The van der Waals surface area contributed by atoms with Crippen molar-refractivity contribution < 1.29 is 13.6 Å². The maximum absolute atomic E-state index is 12.2. The van der Waals surface area contributed by atoms with E-state index in [1.807, 2.05) is 31.2 Å². The lowest BCUT2D eigenvalue weighted by Gasteiger charge is -2.30. The van der Waals surface area contributed by atoms with E-state index >= 15 is 0 Å². The topological polar surface area (TPSA) is 58.6 Å². The van der Waals surface area contributed by atoms with Crippen LogP contribution >= 0.6 is 0 Å². The van der Waals surface area contributed by atoms with Gasteiger partial charge in [0.25, 0.3) is 0 Å². The Balaban J connectivity index is 1.42. The van der Waals surface area contributed by atoms with Crippen LogP contribution in [0.3, 0.4) is 0 Å². The fourth-order valence-electron chi connectivity index (χ4n) is 2.88. The number of hydrogen-bond acceptors (Lipinski definition) is 4. The van der Waals surface area contributed by atoms with Crippen LogP contribution in [0.1, 0.15) is 30.1 Å². The van der Waals surface area contributed by atoms with E-state index < -0.39 is 0 Å². The van der Waals surface area contributed by atoms with Gasteiger partial charge in [0.05, 0.1) is 19.4 Å². The van der Waals surface area contributed by atoms with Crippen LogP contribution in [0.2, 0.25) is 0 Å². The minimum Gasteiger partial charge on any atom is -0.467 e. The van der Waals surface area contributed by atoms with Crippen LogP contribution in [0, 0.1) is 12.8 Å². The van der Waals surface area contributed by atoms with Gasteiger partial charge >= 0.3 is 0 Å². The minimum absolute atomic E-state index is 0.101. The summed E-state index contributed by atoms with van der Waals surface area (Å²) in [5, 5.41) is 2.95. The third-order valence-electron chi connectivity index (χ3n) is 4.15. The van der Waals surface area contributed by atoms with E-state index in [0.717, 1.165) is 49.8 Å². The van der Waals surface area contributed by atoms with Gasteiger partial charge in [0.2, 0.25) is 5.91 Å². The average Bonchev–Trinajstić information content (AvgIpc) is 3.17. The third kappa shape index (κ3) is 3.80. The first-order valence-corrected chi connectivity index (χ1v) is 7.78. The van der Waals surface area contributed by atoms with Crippen LogP contribution in [-0.2, 0) is 17.9 Å². The molecule has 22 heavy (non-hydrogen) atoms. The van der Waals surface area contributed by atoms with Crippen molar-refractivity contribution in [2.75, 3.05) is 13.1 Å². The number of piperidine rings is 1. The number of amides is 1. The normalized spacial score (nSPS) is 16.8. The van der Waals surface area contributed by atoms with Gasteiger partial charge in [0.1, 0.15) is 17.3 Å². The molecule has 2 aromatic heterocycles. The van der Waals surface area contributed by atoms with Gasteiger partial charge in [-0.2, -0.15) is 0 Å². The number of carbonyl (C=O) groups is 1. The fraction of sp³-hybridized carbons (Fsp3) is 0.471. The van der Waals surface area contributed by atoms with E-state index in [9.17, 15) is 4.79 Å². The summed E-state index contributed by atoms with van der Waals surface area (Å²) in [5.41, 5.74) is 0. The average molecular weight is 302 g/mol. The number of aryl methyl sites for hydroxylation is 1. The standard InChI is InChI=1S/C17H22N2O3/c1-13-4-5-16(22-13)12-19-8-6-14(7-9-19)17(20)18-11-15-3-2-10-21-15/h2-5,10,14H,6-9,11-12H2,1H3,(H,18,20). The van der Waals surface area contributed by atoms with Crippen molar-refractivity contribution in [3.8, 4) is 0 Å². The van der Waals surface area contributed by atoms with Crippen molar-refractivity contribution in [3.05, 3.63) is 47.8 Å². The predicted molar refractivity (Wildman–Crippen MR) is 82.0 cm³/mol. The number of nitrogens with one attached hydrogen (secondary N) is 1. The molecule has 1 aliphatic rings. The molecule has 1 N–H and O–H groups in total. The predicted octanol–water partition coefficient (Wildman–Crippen LogP) is 2.71. The molecular weight excluding hydrogens is 280 g/mol. The summed E-state index contributed by atoms with van der Waals surface area (Å²) < 4.78 is 10.8. The fourth-order valence-corrected chi connectivity index (χ4v) is 2.88. The Morgan fingerprint density at radius 2 is 2.09 bits per heavy atom. The molecule has 5 heteroatoms. The minimum atomic E-state index is 0.101. The molecule has 0 aromatic carbocycles. The van der Waals surface area contributed by atoms with Crippen LogP contribution < -0.4 is 5.32 Å². The van der Waals surface area contributed by atoms with Crippen molar-refractivity contribution in [3.63, 3.8) is 0 Å². The number of carbonyl (C=O) groups excluding carboxylic acids is 1. The first-order chi connectivity index (χ1) is 10.7. The van der Waals surface area contributed by atoms with E-state index in [4.69, 9.17) is 8.83 Å². The Kier molecular flexibility index (Phi) is 4.63. The Hall–Kier alpha value is -2.01. The second-order valence-corrected chi connectivity index (χ2v) is 5.86. The van der Waals surface area contributed by atoms with Crippen LogP contribution in [0.4, 0.5) is 0 Å². The number of rotatable bonds is 5. The van der Waals surface area contributed by atoms with Gasteiger partial charge in [0.15, 0.2) is 0 Å². The van der Waals surface area contributed by atoms with Crippen LogP contribution in [0.15, 0.2) is 39.4 Å². The lowest BCUT2D eigenvalue weighted by atomic mass is 9.96. The molecule has 0 atom stereocenters. The van der Waals surface area contributed by atoms with E-state index in [-0.39, 0.29) is 11.8 Å². The zero-order valence-corrected chi connectivity index (χ0v) is 12.9. The smallest absolute Gasteiger partial charge is 0.223 e. The van der Waals surface area contributed by atoms with Gasteiger partial charge < -0.3 is 14.2 Å². The molecule has 1 fully saturated rings. The van der Waals surface area contributed by atoms with E-state index in [0.29, 0.717) is 6.54 Å². The molecule has 0 unspecified atom stereocenters. The quantitative estimate of drug-likeness (QED) is 0.922. The second-order valence-electron chi connectivity index (χ2n) is 5.86. The van der Waals surface area contributed by atoms with Crippen molar-refractivity contribution in [2.45, 2.75) is 32.9 Å². The highest BCUT2D eigenvalue weighted by molar-refractivity contribution is 5.78. The molecule has 0 bridgehead atoms. The molecule has 2 aromatic rings. The molecule has 3 rings (SSSR count). The van der Waals surface area contributed by atoms with Crippen molar-refractivity contribution in [2.24, 2.45) is 5.92 Å². The number of likely N-dealkylation sites (tertiary alicyclic amines) is 1. The van der Waals surface area contributed by atoms with E-state index in [2.05, 4.69) is 10.2 Å². The van der Waals surface area contributed by atoms with Crippen molar-refractivity contribution >= 4 is 5.91 Å². The van der Waals surface area contributed by atoms with E-state index in [1.165, 1.54) is 0 Å². The number of nitrogens with zero attached hydrogens (tertiary/aromatic N) is 1. The molecule has 1 saturated heterocycles. The van der Waals surface area contributed by atoms with Crippen LogP contribution in [-0.4, -0.2) is 23.9 Å². The van der Waals surface area contributed by atoms with Crippen molar-refractivity contribution in [1.82, 2.24) is 10.2 Å². The molecule has 3 heterocycles. The van der Waals surface area contributed by atoms with Gasteiger partial charge in [-0.15, -0.1) is 0 Å². The molecular formula is C17H22N2O3. The summed E-state index contributed by atoms with van der Waals surface area (Å²) >= 11 is 0. The first kappa shape index (κ1) is 14.9. The Labute approximate surface area is 130 Å². The van der Waals surface area contributed by atoms with Crippen LogP contribution in [0.5, 0.6) is 0 Å². The van der Waals surface area contributed by atoms with Gasteiger partial charge in [-0.05, 0) is 57.1 Å². The first-order valence-electron chi connectivity index (χ1n) is 7.78. The Bertz CT molecular complexity index is 595. The highest BCUT2D eigenvalue weighted by atomic mass is 16.3. The third-order valence-corrected chi connectivity index (χ3v) is 4.15. The van der Waals surface area contributed by atoms with Gasteiger partial charge in [-0.1, -0.05) is 0 Å². The summed E-state index contributed by atoms with van der Waals surface area (Å²) in [7, 11) is 0. The Morgan fingerprint density at radius 3 is 2.73 bits per heavy atom.